The highest BCUT2D eigenvalue weighted by Gasteiger charge is 2.59. The van der Waals surface area contributed by atoms with E-state index in [1.165, 1.54) is 11.0 Å². The van der Waals surface area contributed by atoms with Crippen LogP contribution < -0.4 is 10.5 Å². The minimum atomic E-state index is -1.08. The van der Waals surface area contributed by atoms with Gasteiger partial charge in [-0.15, -0.1) is 0 Å². The Morgan fingerprint density at radius 3 is 2.54 bits per heavy atom. The Morgan fingerprint density at radius 2 is 1.93 bits per heavy atom. The number of ether oxygens (including phenoxy) is 1. The quantitative estimate of drug-likeness (QED) is 0.792. The van der Waals surface area contributed by atoms with E-state index < -0.39 is 11.4 Å². The molecule has 1 aliphatic carbocycles. The Labute approximate surface area is 166 Å². The summed E-state index contributed by atoms with van der Waals surface area (Å²) in [7, 11) is 1.64. The first-order chi connectivity index (χ1) is 13.3. The fourth-order valence-electron chi connectivity index (χ4n) is 4.47. The summed E-state index contributed by atoms with van der Waals surface area (Å²) in [6.07, 6.45) is 3.34. The Hall–Kier alpha value is -2.60. The SMILES string of the molecule is CN1C(=O)C2(CC3(CCC3)Oc3ccc(-c4ccc(F)c(Cl)c4)cc32)N=C1N. The van der Waals surface area contributed by atoms with Crippen LogP contribution in [-0.2, 0) is 10.3 Å². The van der Waals surface area contributed by atoms with Crippen LogP contribution in [0.15, 0.2) is 41.4 Å². The molecule has 0 saturated heterocycles. The number of carbonyl (C=O) groups is 1. The molecule has 144 valence electrons. The minimum Gasteiger partial charge on any atom is -0.487 e. The first-order valence-corrected chi connectivity index (χ1v) is 9.64. The molecule has 0 aromatic heterocycles. The fraction of sp³-hybridized carbons (Fsp3) is 0.333. The number of benzene rings is 2. The summed E-state index contributed by atoms with van der Waals surface area (Å²) in [5.41, 5.74) is 6.84. The van der Waals surface area contributed by atoms with Crippen LogP contribution in [0.4, 0.5) is 4.39 Å². The van der Waals surface area contributed by atoms with Crippen molar-refractivity contribution in [1.29, 1.82) is 0 Å². The van der Waals surface area contributed by atoms with E-state index >= 15 is 0 Å². The van der Waals surface area contributed by atoms with Gasteiger partial charge in [0, 0.05) is 19.0 Å². The number of rotatable bonds is 1. The molecule has 2 aromatic carbocycles. The number of hydrogen-bond acceptors (Lipinski definition) is 4. The van der Waals surface area contributed by atoms with Crippen molar-refractivity contribution in [1.82, 2.24) is 4.90 Å². The molecule has 3 aliphatic rings. The summed E-state index contributed by atoms with van der Waals surface area (Å²) < 4.78 is 19.9. The number of amides is 1. The highest BCUT2D eigenvalue weighted by Crippen LogP contribution is 2.55. The maximum absolute atomic E-state index is 13.6. The van der Waals surface area contributed by atoms with Crippen molar-refractivity contribution in [2.24, 2.45) is 10.7 Å². The summed E-state index contributed by atoms with van der Waals surface area (Å²) in [4.78, 5) is 19.3. The topological polar surface area (TPSA) is 67.9 Å². The molecule has 1 atom stereocenters. The number of carbonyl (C=O) groups excluding carboxylic acids is 1. The van der Waals surface area contributed by atoms with Crippen molar-refractivity contribution in [3.8, 4) is 16.9 Å². The molecule has 5 rings (SSSR count). The maximum atomic E-state index is 13.6. The molecule has 0 radical (unpaired) electrons. The van der Waals surface area contributed by atoms with E-state index in [9.17, 15) is 9.18 Å². The van der Waals surface area contributed by atoms with Crippen LogP contribution in [0.3, 0.4) is 0 Å². The molecule has 2 aliphatic heterocycles. The first kappa shape index (κ1) is 17.5. The third-order valence-electron chi connectivity index (χ3n) is 6.15. The fourth-order valence-corrected chi connectivity index (χ4v) is 4.65. The highest BCUT2D eigenvalue weighted by molar-refractivity contribution is 6.31. The first-order valence-electron chi connectivity index (χ1n) is 9.26. The molecule has 2 aromatic rings. The third-order valence-corrected chi connectivity index (χ3v) is 6.44. The second-order valence-corrected chi connectivity index (χ2v) is 8.26. The van der Waals surface area contributed by atoms with Crippen LogP contribution in [-0.4, -0.2) is 29.4 Å². The molecular weight excluding hydrogens is 381 g/mol. The van der Waals surface area contributed by atoms with E-state index in [2.05, 4.69) is 4.99 Å². The van der Waals surface area contributed by atoms with Gasteiger partial charge in [0.05, 0.1) is 5.02 Å². The molecule has 2 spiro atoms. The van der Waals surface area contributed by atoms with E-state index in [-0.39, 0.29) is 22.5 Å². The van der Waals surface area contributed by atoms with Crippen molar-refractivity contribution in [3.63, 3.8) is 0 Å². The highest BCUT2D eigenvalue weighted by atomic mass is 35.5. The largest absolute Gasteiger partial charge is 0.487 e. The van der Waals surface area contributed by atoms with Crippen LogP contribution in [0, 0.1) is 5.82 Å². The van der Waals surface area contributed by atoms with Gasteiger partial charge in [-0.3, -0.25) is 9.69 Å². The Bertz CT molecular complexity index is 1050. The van der Waals surface area contributed by atoms with Gasteiger partial charge in [0.1, 0.15) is 17.2 Å². The summed E-state index contributed by atoms with van der Waals surface area (Å²) in [5.74, 6) is 0.251. The molecule has 0 bridgehead atoms. The van der Waals surface area contributed by atoms with Gasteiger partial charge >= 0.3 is 0 Å². The standard InChI is InChI=1S/C21H19ClFN3O2/c1-26-18(27)21(25-19(26)24)11-20(7-2-8-20)28-17-6-4-12(9-14(17)21)13-3-5-16(23)15(22)10-13/h3-6,9-10H,2,7-8,11H2,1H3,(H2,24,25). The zero-order valence-corrected chi connectivity index (χ0v) is 16.1. The summed E-state index contributed by atoms with van der Waals surface area (Å²) >= 11 is 5.95. The summed E-state index contributed by atoms with van der Waals surface area (Å²) in [6, 6.07) is 10.2. The number of guanidine groups is 1. The lowest BCUT2D eigenvalue weighted by Gasteiger charge is -2.50. The molecule has 1 fully saturated rings. The van der Waals surface area contributed by atoms with Crippen molar-refractivity contribution in [2.75, 3.05) is 7.05 Å². The Kier molecular flexibility index (Phi) is 3.56. The van der Waals surface area contributed by atoms with Crippen molar-refractivity contribution in [3.05, 3.63) is 52.8 Å². The van der Waals surface area contributed by atoms with Crippen LogP contribution in [0.5, 0.6) is 5.75 Å². The molecule has 1 unspecified atom stereocenters. The van der Waals surface area contributed by atoms with Crippen LogP contribution in [0.25, 0.3) is 11.1 Å². The predicted octanol–water partition coefficient (Wildman–Crippen LogP) is 3.83. The number of aliphatic imine (C=N–C) groups is 1. The molecule has 28 heavy (non-hydrogen) atoms. The maximum Gasteiger partial charge on any atom is 0.261 e. The smallest absolute Gasteiger partial charge is 0.261 e. The predicted molar refractivity (Wildman–Crippen MR) is 105 cm³/mol. The lowest BCUT2D eigenvalue weighted by Crippen LogP contribution is -2.54. The van der Waals surface area contributed by atoms with E-state index in [1.807, 2.05) is 18.2 Å². The van der Waals surface area contributed by atoms with E-state index in [0.29, 0.717) is 17.7 Å². The van der Waals surface area contributed by atoms with Gasteiger partial charge in [0.2, 0.25) is 0 Å². The Morgan fingerprint density at radius 1 is 1.21 bits per heavy atom. The second-order valence-electron chi connectivity index (χ2n) is 7.85. The zero-order chi connectivity index (χ0) is 19.7. The van der Waals surface area contributed by atoms with Crippen LogP contribution >= 0.6 is 11.6 Å². The second kappa shape index (κ2) is 5.70. The average molecular weight is 400 g/mol. The van der Waals surface area contributed by atoms with E-state index in [1.54, 1.807) is 19.2 Å². The minimum absolute atomic E-state index is 0.0496. The molecule has 5 nitrogen and oxygen atoms in total. The molecule has 1 amide bonds. The molecule has 2 heterocycles. The van der Waals surface area contributed by atoms with Gasteiger partial charge in [-0.05, 0) is 54.7 Å². The lowest BCUT2D eigenvalue weighted by atomic mass is 9.67. The van der Waals surface area contributed by atoms with E-state index in [0.717, 1.165) is 30.4 Å². The molecule has 7 heteroatoms. The van der Waals surface area contributed by atoms with Crippen LogP contribution in [0.1, 0.15) is 31.2 Å². The van der Waals surface area contributed by atoms with E-state index in [4.69, 9.17) is 22.1 Å². The van der Waals surface area contributed by atoms with Gasteiger partial charge in [0.15, 0.2) is 11.5 Å². The number of likely N-dealkylation sites (N-methyl/N-ethyl adjacent to an activating group) is 1. The van der Waals surface area contributed by atoms with Gasteiger partial charge in [0.25, 0.3) is 5.91 Å². The number of hydrogen-bond donors (Lipinski definition) is 1. The zero-order valence-electron chi connectivity index (χ0n) is 15.3. The molecule has 1 saturated carbocycles. The number of halogens is 2. The van der Waals surface area contributed by atoms with Gasteiger partial charge < -0.3 is 10.5 Å². The van der Waals surface area contributed by atoms with Crippen LogP contribution in [0.2, 0.25) is 5.02 Å². The number of nitrogens with two attached hydrogens (primary N) is 1. The van der Waals surface area contributed by atoms with Gasteiger partial charge in [-0.25, -0.2) is 9.38 Å². The van der Waals surface area contributed by atoms with Crippen molar-refractivity contribution in [2.45, 2.75) is 36.8 Å². The number of fused-ring (bicyclic) bond motifs is 2. The van der Waals surface area contributed by atoms with Crippen molar-refractivity contribution < 1.29 is 13.9 Å². The van der Waals surface area contributed by atoms with Crippen molar-refractivity contribution >= 4 is 23.5 Å². The average Bonchev–Trinajstić information content (AvgIpc) is 2.86. The molecular formula is C21H19ClFN3O2. The number of nitrogens with zero attached hydrogens (tertiary/aromatic N) is 2. The normalized spacial score (nSPS) is 24.8. The monoisotopic (exact) mass is 399 g/mol. The molecule has 2 N–H and O–H groups in total. The van der Waals surface area contributed by atoms with Gasteiger partial charge in [-0.2, -0.15) is 0 Å². The summed E-state index contributed by atoms with van der Waals surface area (Å²) in [5, 5.41) is 0.0496. The lowest BCUT2D eigenvalue weighted by molar-refractivity contribution is -0.136. The Balaban J connectivity index is 1.69. The third kappa shape index (κ3) is 2.30. The van der Waals surface area contributed by atoms with Gasteiger partial charge in [-0.1, -0.05) is 23.7 Å². The summed E-state index contributed by atoms with van der Waals surface area (Å²) in [6.45, 7) is 0.